The van der Waals surface area contributed by atoms with Crippen LogP contribution in [0, 0.1) is 0 Å². The van der Waals surface area contributed by atoms with E-state index in [1.807, 2.05) is 0 Å². The summed E-state index contributed by atoms with van der Waals surface area (Å²) in [6.45, 7) is 0.712. The number of halogens is 1. The maximum atomic E-state index is 11.7. The molecular formula is C12H15ClN2O2. The summed E-state index contributed by atoms with van der Waals surface area (Å²) < 4.78 is 5.64. The summed E-state index contributed by atoms with van der Waals surface area (Å²) in [5.41, 5.74) is 6.27. The zero-order chi connectivity index (χ0) is 12.3. The number of anilines is 1. The highest BCUT2D eigenvalue weighted by Crippen LogP contribution is 2.27. The predicted molar refractivity (Wildman–Crippen MR) is 67.1 cm³/mol. The van der Waals surface area contributed by atoms with Gasteiger partial charge in [0.2, 0.25) is 0 Å². The summed E-state index contributed by atoms with van der Waals surface area (Å²) in [7, 11) is 0. The molecule has 92 valence electrons. The quantitative estimate of drug-likeness (QED) is 0.793. The molecule has 3 N–H and O–H groups in total. The van der Waals surface area contributed by atoms with Crippen LogP contribution in [0.5, 0.6) is 5.75 Å². The van der Waals surface area contributed by atoms with Gasteiger partial charge in [-0.3, -0.25) is 4.79 Å². The van der Waals surface area contributed by atoms with Gasteiger partial charge < -0.3 is 15.8 Å². The number of benzene rings is 1. The van der Waals surface area contributed by atoms with E-state index in [0.29, 0.717) is 29.4 Å². The van der Waals surface area contributed by atoms with Gasteiger partial charge in [0.1, 0.15) is 5.75 Å². The van der Waals surface area contributed by atoms with E-state index in [1.165, 1.54) is 0 Å². The van der Waals surface area contributed by atoms with Crippen molar-refractivity contribution >= 4 is 23.2 Å². The minimum Gasteiger partial charge on any atom is -0.478 e. The minimum absolute atomic E-state index is 0.0816. The summed E-state index contributed by atoms with van der Waals surface area (Å²) in [5, 5.41) is 3.36. The Morgan fingerprint density at radius 3 is 3.06 bits per heavy atom. The van der Waals surface area contributed by atoms with Crippen LogP contribution < -0.4 is 15.8 Å². The van der Waals surface area contributed by atoms with Gasteiger partial charge in [-0.1, -0.05) is 11.6 Å². The fraction of sp³-hybridized carbons (Fsp3) is 0.417. The average Bonchev–Trinajstić information content (AvgIpc) is 2.50. The first-order valence-electron chi connectivity index (χ1n) is 5.66. The Bertz CT molecular complexity index is 423. The lowest BCUT2D eigenvalue weighted by Gasteiger charge is -2.17. The van der Waals surface area contributed by atoms with Crippen LogP contribution in [0.3, 0.4) is 0 Å². The largest absolute Gasteiger partial charge is 0.478 e. The minimum atomic E-state index is -0.474. The highest BCUT2D eigenvalue weighted by molar-refractivity contribution is 6.30. The Morgan fingerprint density at radius 1 is 1.41 bits per heavy atom. The van der Waals surface area contributed by atoms with E-state index in [-0.39, 0.29) is 5.91 Å². The Labute approximate surface area is 105 Å². The van der Waals surface area contributed by atoms with Gasteiger partial charge in [0.25, 0.3) is 5.91 Å². The number of hydrogen-bond acceptors (Lipinski definition) is 3. The van der Waals surface area contributed by atoms with Crippen LogP contribution in [-0.2, 0) is 4.79 Å². The van der Waals surface area contributed by atoms with E-state index in [2.05, 4.69) is 5.32 Å². The number of rotatable bonds is 2. The summed E-state index contributed by atoms with van der Waals surface area (Å²) in [6.07, 6.45) is 2.18. The van der Waals surface area contributed by atoms with E-state index in [4.69, 9.17) is 22.1 Å². The number of nitrogens with one attached hydrogen (secondary N) is 1. The van der Waals surface area contributed by atoms with Crippen molar-refractivity contribution in [2.45, 2.75) is 25.4 Å². The van der Waals surface area contributed by atoms with Crippen LogP contribution in [0.25, 0.3) is 0 Å². The summed E-state index contributed by atoms with van der Waals surface area (Å²) in [5.74, 6) is 0.390. The van der Waals surface area contributed by atoms with Crippen LogP contribution in [0.1, 0.15) is 19.3 Å². The lowest BCUT2D eigenvalue weighted by molar-refractivity contribution is -0.127. The molecule has 0 aliphatic carbocycles. The standard InChI is InChI=1S/C12H15ClN2O2/c13-8-4-5-9(14)11(7-8)17-10-3-1-2-6-15-12(10)16/h4-5,7,10H,1-3,6,14H2,(H,15,16). The number of nitrogen functional groups attached to an aromatic ring is 1. The van der Waals surface area contributed by atoms with Gasteiger partial charge in [-0.15, -0.1) is 0 Å². The van der Waals surface area contributed by atoms with Gasteiger partial charge in [-0.25, -0.2) is 0 Å². The number of carbonyl (C=O) groups is 1. The summed E-state index contributed by atoms with van der Waals surface area (Å²) in [4.78, 5) is 11.7. The topological polar surface area (TPSA) is 64.3 Å². The van der Waals surface area contributed by atoms with Gasteiger partial charge in [0, 0.05) is 17.6 Å². The van der Waals surface area contributed by atoms with Crippen molar-refractivity contribution in [3.05, 3.63) is 23.2 Å². The molecule has 0 saturated carbocycles. The Morgan fingerprint density at radius 2 is 2.24 bits per heavy atom. The fourth-order valence-corrected chi connectivity index (χ4v) is 1.95. The van der Waals surface area contributed by atoms with Crippen molar-refractivity contribution in [3.8, 4) is 5.75 Å². The van der Waals surface area contributed by atoms with Crippen molar-refractivity contribution in [3.63, 3.8) is 0 Å². The predicted octanol–water partition coefficient (Wildman–Crippen LogP) is 1.97. The maximum absolute atomic E-state index is 11.7. The van der Waals surface area contributed by atoms with Gasteiger partial charge >= 0.3 is 0 Å². The second-order valence-corrected chi connectivity index (χ2v) is 4.51. The number of ether oxygens (including phenoxy) is 1. The molecule has 1 aromatic rings. The molecule has 0 aromatic heterocycles. The van der Waals surface area contributed by atoms with E-state index >= 15 is 0 Å². The lowest BCUT2D eigenvalue weighted by Crippen LogP contribution is -2.36. The maximum Gasteiger partial charge on any atom is 0.261 e. The number of nitrogens with two attached hydrogens (primary N) is 1. The monoisotopic (exact) mass is 254 g/mol. The van der Waals surface area contributed by atoms with Gasteiger partial charge in [-0.2, -0.15) is 0 Å². The molecule has 5 heteroatoms. The van der Waals surface area contributed by atoms with Crippen molar-refractivity contribution in [2.75, 3.05) is 12.3 Å². The van der Waals surface area contributed by atoms with Crippen LogP contribution in [0.4, 0.5) is 5.69 Å². The molecular weight excluding hydrogens is 240 g/mol. The van der Waals surface area contributed by atoms with E-state index in [9.17, 15) is 4.79 Å². The van der Waals surface area contributed by atoms with E-state index in [1.54, 1.807) is 18.2 Å². The highest BCUT2D eigenvalue weighted by Gasteiger charge is 2.22. The fourth-order valence-electron chi connectivity index (χ4n) is 1.79. The molecule has 1 heterocycles. The second kappa shape index (κ2) is 5.27. The number of hydrogen-bond donors (Lipinski definition) is 2. The van der Waals surface area contributed by atoms with Crippen molar-refractivity contribution in [1.29, 1.82) is 0 Å². The molecule has 1 aliphatic rings. The second-order valence-electron chi connectivity index (χ2n) is 4.08. The first-order valence-corrected chi connectivity index (χ1v) is 6.04. The molecule has 0 radical (unpaired) electrons. The molecule has 1 atom stereocenters. The van der Waals surface area contributed by atoms with Gasteiger partial charge in [0.15, 0.2) is 6.10 Å². The molecule has 17 heavy (non-hydrogen) atoms. The lowest BCUT2D eigenvalue weighted by atomic mass is 10.2. The number of carbonyl (C=O) groups excluding carboxylic acids is 1. The van der Waals surface area contributed by atoms with Crippen LogP contribution >= 0.6 is 11.6 Å². The molecule has 1 amide bonds. The average molecular weight is 255 g/mol. The van der Waals surface area contributed by atoms with E-state index in [0.717, 1.165) is 12.8 Å². The van der Waals surface area contributed by atoms with Crippen LogP contribution in [-0.4, -0.2) is 18.6 Å². The third kappa shape index (κ3) is 3.03. The molecule has 1 aromatic carbocycles. The van der Waals surface area contributed by atoms with Crippen LogP contribution in [0.2, 0.25) is 5.02 Å². The molecule has 1 aliphatic heterocycles. The van der Waals surface area contributed by atoms with E-state index < -0.39 is 6.10 Å². The normalized spacial score (nSPS) is 20.5. The molecule has 0 bridgehead atoms. The first-order chi connectivity index (χ1) is 8.16. The summed E-state index contributed by atoms with van der Waals surface area (Å²) >= 11 is 5.87. The van der Waals surface area contributed by atoms with Crippen LogP contribution in [0.15, 0.2) is 18.2 Å². The zero-order valence-corrected chi connectivity index (χ0v) is 10.2. The Hall–Kier alpha value is -1.42. The smallest absolute Gasteiger partial charge is 0.261 e. The third-order valence-corrected chi connectivity index (χ3v) is 2.96. The third-order valence-electron chi connectivity index (χ3n) is 2.73. The molecule has 2 rings (SSSR count). The zero-order valence-electron chi connectivity index (χ0n) is 9.41. The molecule has 1 unspecified atom stereocenters. The van der Waals surface area contributed by atoms with Gasteiger partial charge in [-0.05, 0) is 31.4 Å². The molecule has 4 nitrogen and oxygen atoms in total. The summed E-state index contributed by atoms with van der Waals surface area (Å²) in [6, 6.07) is 5.00. The molecule has 1 saturated heterocycles. The highest BCUT2D eigenvalue weighted by atomic mass is 35.5. The van der Waals surface area contributed by atoms with Gasteiger partial charge in [0.05, 0.1) is 5.69 Å². The van der Waals surface area contributed by atoms with Crippen molar-refractivity contribution in [1.82, 2.24) is 5.32 Å². The SMILES string of the molecule is Nc1ccc(Cl)cc1OC1CCCCNC1=O. The molecule has 1 fully saturated rings. The Kier molecular flexibility index (Phi) is 3.74. The van der Waals surface area contributed by atoms with Crippen molar-refractivity contribution < 1.29 is 9.53 Å². The Balaban J connectivity index is 2.13. The van der Waals surface area contributed by atoms with Crippen molar-refractivity contribution in [2.24, 2.45) is 0 Å². The first kappa shape index (κ1) is 12.0. The number of amides is 1. The molecule has 0 spiro atoms.